The normalized spacial score (nSPS) is 12.0. The number of ketones is 1. The number of carbonyl (C=O) groups is 1. The maximum absolute atomic E-state index is 12.3. The fourth-order valence-corrected chi connectivity index (χ4v) is 2.53. The lowest BCUT2D eigenvalue weighted by Crippen LogP contribution is -1.99. The molecule has 0 atom stereocenters. The zero-order valence-corrected chi connectivity index (χ0v) is 10.8. The van der Waals surface area contributed by atoms with E-state index in [1.807, 2.05) is 0 Å². The van der Waals surface area contributed by atoms with Gasteiger partial charge >= 0.3 is 0 Å². The fraction of sp³-hybridized carbons (Fsp3) is 0.0714. The van der Waals surface area contributed by atoms with Gasteiger partial charge in [0.25, 0.3) is 11.4 Å². The number of aryl methyl sites for hydroxylation is 1. The van der Waals surface area contributed by atoms with Crippen LogP contribution in [0.4, 0.5) is 11.4 Å². The Kier molecular flexibility index (Phi) is 2.59. The number of hydrogen-bond acceptors (Lipinski definition) is 5. The van der Waals surface area contributed by atoms with Gasteiger partial charge in [0.05, 0.1) is 21.5 Å². The van der Waals surface area contributed by atoms with Crippen LogP contribution in [0, 0.1) is 27.2 Å². The predicted octanol–water partition coefficient (Wildman–Crippen LogP) is 3.02. The van der Waals surface area contributed by atoms with Crippen molar-refractivity contribution < 1.29 is 14.6 Å². The molecule has 1 aliphatic carbocycles. The fourth-order valence-electron chi connectivity index (χ4n) is 2.53. The predicted molar refractivity (Wildman–Crippen MR) is 73.4 cm³/mol. The second-order valence-electron chi connectivity index (χ2n) is 4.78. The van der Waals surface area contributed by atoms with Crippen LogP contribution in [-0.4, -0.2) is 15.6 Å². The zero-order chi connectivity index (χ0) is 15.3. The molecule has 0 saturated carbocycles. The van der Waals surface area contributed by atoms with Gasteiger partial charge in [-0.1, -0.05) is 17.7 Å². The van der Waals surface area contributed by atoms with Crippen LogP contribution in [0.3, 0.4) is 0 Å². The molecule has 2 aromatic rings. The number of hydrogen-bond donors (Lipinski definition) is 0. The Morgan fingerprint density at radius 3 is 2.24 bits per heavy atom. The Bertz CT molecular complexity index is 841. The average Bonchev–Trinajstić information content (AvgIpc) is 2.71. The lowest BCUT2D eigenvalue weighted by atomic mass is 10.0. The molecule has 0 radical (unpaired) electrons. The molecule has 1 aliphatic rings. The smallest absolute Gasteiger partial charge is 0.284 e. The van der Waals surface area contributed by atoms with E-state index in [-0.39, 0.29) is 11.1 Å². The molecule has 0 spiro atoms. The van der Waals surface area contributed by atoms with Gasteiger partial charge in [0, 0.05) is 22.8 Å². The number of benzene rings is 2. The van der Waals surface area contributed by atoms with E-state index in [9.17, 15) is 25.0 Å². The standard InChI is InChI=1S/C14H8N2O5/c1-7-2-3-9-10(4-7)14(17)11-5-8(15(18)19)6-12(13(9)11)16(20)21/h2-6H,1H3. The molecule has 0 saturated heterocycles. The first-order valence-corrected chi connectivity index (χ1v) is 6.02. The molecule has 0 heterocycles. The third kappa shape index (κ3) is 1.78. The molecule has 7 nitrogen and oxygen atoms in total. The van der Waals surface area contributed by atoms with Gasteiger partial charge in [0.15, 0.2) is 5.78 Å². The Balaban J connectivity index is 2.39. The van der Waals surface area contributed by atoms with Gasteiger partial charge in [-0.3, -0.25) is 25.0 Å². The maximum atomic E-state index is 12.3. The van der Waals surface area contributed by atoms with Gasteiger partial charge in [-0.15, -0.1) is 0 Å². The number of nitrogens with zero attached hydrogens (tertiary/aromatic N) is 2. The third-order valence-corrected chi connectivity index (χ3v) is 3.44. The minimum Gasteiger partial charge on any atom is -0.289 e. The summed E-state index contributed by atoms with van der Waals surface area (Å²) in [5.41, 5.74) is 0.915. The van der Waals surface area contributed by atoms with Crippen molar-refractivity contribution in [1.29, 1.82) is 0 Å². The van der Waals surface area contributed by atoms with Crippen LogP contribution >= 0.6 is 0 Å². The van der Waals surface area contributed by atoms with Gasteiger partial charge in [-0.2, -0.15) is 0 Å². The first kappa shape index (κ1) is 12.9. The summed E-state index contributed by atoms with van der Waals surface area (Å²) in [5.74, 6) is -0.421. The van der Waals surface area contributed by atoms with Crippen molar-refractivity contribution in [2.75, 3.05) is 0 Å². The first-order valence-electron chi connectivity index (χ1n) is 6.02. The molecule has 0 unspecified atom stereocenters. The van der Waals surface area contributed by atoms with Gasteiger partial charge in [-0.05, 0) is 13.0 Å². The zero-order valence-electron chi connectivity index (χ0n) is 10.8. The summed E-state index contributed by atoms with van der Waals surface area (Å²) >= 11 is 0. The second kappa shape index (κ2) is 4.20. The molecular formula is C14H8N2O5. The SMILES string of the molecule is Cc1ccc2c(c1)C(=O)c1cc([N+](=O)[O-])cc([N+](=O)[O-])c1-2. The summed E-state index contributed by atoms with van der Waals surface area (Å²) < 4.78 is 0. The number of fused-ring (bicyclic) bond motifs is 3. The molecule has 0 aromatic heterocycles. The Labute approximate surface area is 118 Å². The topological polar surface area (TPSA) is 103 Å². The summed E-state index contributed by atoms with van der Waals surface area (Å²) in [4.78, 5) is 33.0. The summed E-state index contributed by atoms with van der Waals surface area (Å²) in [7, 11) is 0. The minimum absolute atomic E-state index is 0.0106. The molecule has 3 rings (SSSR count). The minimum atomic E-state index is -0.741. The monoisotopic (exact) mass is 284 g/mol. The Hall–Kier alpha value is -3.09. The molecule has 21 heavy (non-hydrogen) atoms. The van der Waals surface area contributed by atoms with E-state index in [2.05, 4.69) is 0 Å². The summed E-state index contributed by atoms with van der Waals surface area (Å²) in [6.45, 7) is 1.80. The van der Waals surface area contributed by atoms with E-state index in [1.54, 1.807) is 25.1 Å². The van der Waals surface area contributed by atoms with Crippen molar-refractivity contribution in [2.24, 2.45) is 0 Å². The van der Waals surface area contributed by atoms with Crippen LogP contribution in [0.15, 0.2) is 30.3 Å². The van der Waals surface area contributed by atoms with E-state index >= 15 is 0 Å². The van der Waals surface area contributed by atoms with Crippen molar-refractivity contribution >= 4 is 17.2 Å². The highest BCUT2D eigenvalue weighted by atomic mass is 16.6. The quantitative estimate of drug-likeness (QED) is 0.531. The molecule has 0 bridgehead atoms. The first-order chi connectivity index (χ1) is 9.90. The highest BCUT2D eigenvalue weighted by molar-refractivity contribution is 6.23. The van der Waals surface area contributed by atoms with E-state index in [0.717, 1.165) is 17.7 Å². The molecule has 0 N–H and O–H groups in total. The lowest BCUT2D eigenvalue weighted by molar-refractivity contribution is -0.393. The van der Waals surface area contributed by atoms with Gasteiger partial charge in [0.1, 0.15) is 0 Å². The van der Waals surface area contributed by atoms with Crippen LogP contribution < -0.4 is 0 Å². The van der Waals surface area contributed by atoms with Crippen molar-refractivity contribution in [3.8, 4) is 11.1 Å². The molecular weight excluding hydrogens is 276 g/mol. The van der Waals surface area contributed by atoms with Crippen molar-refractivity contribution in [1.82, 2.24) is 0 Å². The van der Waals surface area contributed by atoms with Gasteiger partial charge in [0.2, 0.25) is 0 Å². The van der Waals surface area contributed by atoms with E-state index in [4.69, 9.17) is 0 Å². The molecule has 7 heteroatoms. The van der Waals surface area contributed by atoms with E-state index in [1.165, 1.54) is 0 Å². The number of nitro benzene ring substituents is 2. The third-order valence-electron chi connectivity index (χ3n) is 3.44. The number of nitro groups is 2. The van der Waals surface area contributed by atoms with Crippen molar-refractivity contribution in [3.05, 3.63) is 67.3 Å². The number of rotatable bonds is 2. The van der Waals surface area contributed by atoms with Crippen molar-refractivity contribution in [3.63, 3.8) is 0 Å². The number of non-ortho nitro benzene ring substituents is 1. The highest BCUT2D eigenvalue weighted by Gasteiger charge is 2.35. The van der Waals surface area contributed by atoms with Crippen LogP contribution in [-0.2, 0) is 0 Å². The molecule has 0 aliphatic heterocycles. The lowest BCUT2D eigenvalue weighted by Gasteiger charge is -2.02. The Morgan fingerprint density at radius 2 is 1.62 bits per heavy atom. The molecule has 104 valence electrons. The van der Waals surface area contributed by atoms with Crippen LogP contribution in [0.5, 0.6) is 0 Å². The van der Waals surface area contributed by atoms with E-state index < -0.39 is 27.0 Å². The largest absolute Gasteiger partial charge is 0.289 e. The maximum Gasteiger partial charge on any atom is 0.284 e. The summed E-state index contributed by atoms with van der Waals surface area (Å²) in [5, 5.41) is 22.1. The van der Waals surface area contributed by atoms with Gasteiger partial charge < -0.3 is 0 Å². The van der Waals surface area contributed by atoms with Crippen molar-refractivity contribution in [2.45, 2.75) is 6.92 Å². The molecule has 0 amide bonds. The Morgan fingerprint density at radius 1 is 0.905 bits per heavy atom. The molecule has 0 fully saturated rings. The van der Waals surface area contributed by atoms with Crippen LogP contribution in [0.2, 0.25) is 0 Å². The number of carbonyl (C=O) groups excluding carboxylic acids is 1. The highest BCUT2D eigenvalue weighted by Crippen LogP contribution is 2.44. The van der Waals surface area contributed by atoms with Crippen LogP contribution in [0.1, 0.15) is 21.5 Å². The second-order valence-corrected chi connectivity index (χ2v) is 4.78. The molecule has 2 aromatic carbocycles. The summed E-state index contributed by atoms with van der Waals surface area (Å²) in [6.07, 6.45) is 0. The van der Waals surface area contributed by atoms with Crippen LogP contribution in [0.25, 0.3) is 11.1 Å². The summed E-state index contributed by atoms with van der Waals surface area (Å²) in [6, 6.07) is 6.99. The average molecular weight is 284 g/mol. The van der Waals surface area contributed by atoms with E-state index in [0.29, 0.717) is 11.1 Å². The van der Waals surface area contributed by atoms with Gasteiger partial charge in [-0.25, -0.2) is 0 Å².